The minimum absolute atomic E-state index is 0.275. The summed E-state index contributed by atoms with van der Waals surface area (Å²) in [6, 6.07) is 0. The standard InChI is InChI=1S/C14H28N2O2/c1-3-18-13(17)14(2,15)9-5-8-12-16-10-6-4-7-11-16/h3-12,15H2,1-2H3. The first-order valence-electron chi connectivity index (χ1n) is 7.24. The van der Waals surface area contributed by atoms with E-state index < -0.39 is 5.54 Å². The van der Waals surface area contributed by atoms with Gasteiger partial charge in [0.1, 0.15) is 5.54 Å². The lowest BCUT2D eigenvalue weighted by molar-refractivity contribution is -0.149. The molecule has 1 aliphatic rings. The van der Waals surface area contributed by atoms with Gasteiger partial charge in [-0.15, -0.1) is 0 Å². The Morgan fingerprint density at radius 1 is 1.28 bits per heavy atom. The van der Waals surface area contributed by atoms with E-state index in [4.69, 9.17) is 10.5 Å². The van der Waals surface area contributed by atoms with Crippen LogP contribution in [0.4, 0.5) is 0 Å². The quantitative estimate of drug-likeness (QED) is 0.558. The van der Waals surface area contributed by atoms with Crippen molar-refractivity contribution in [3.05, 3.63) is 0 Å². The number of ether oxygens (including phenoxy) is 1. The summed E-state index contributed by atoms with van der Waals surface area (Å²) in [4.78, 5) is 14.1. The van der Waals surface area contributed by atoms with Crippen molar-refractivity contribution in [2.75, 3.05) is 26.2 Å². The second-order valence-corrected chi connectivity index (χ2v) is 5.50. The van der Waals surface area contributed by atoms with Gasteiger partial charge >= 0.3 is 5.97 Å². The van der Waals surface area contributed by atoms with E-state index in [1.165, 1.54) is 32.4 Å². The van der Waals surface area contributed by atoms with Crippen LogP contribution in [-0.2, 0) is 9.53 Å². The third-order valence-electron chi connectivity index (χ3n) is 3.61. The number of rotatable bonds is 7. The number of piperidine rings is 1. The Labute approximate surface area is 111 Å². The molecular weight excluding hydrogens is 228 g/mol. The summed E-state index contributed by atoms with van der Waals surface area (Å²) in [5.41, 5.74) is 5.16. The Morgan fingerprint density at radius 2 is 1.94 bits per heavy atom. The van der Waals surface area contributed by atoms with Crippen molar-refractivity contribution in [3.63, 3.8) is 0 Å². The zero-order valence-electron chi connectivity index (χ0n) is 11.9. The molecule has 1 atom stereocenters. The number of likely N-dealkylation sites (tertiary alicyclic amines) is 1. The first-order valence-corrected chi connectivity index (χ1v) is 7.24. The van der Waals surface area contributed by atoms with Gasteiger partial charge in [-0.05, 0) is 65.6 Å². The molecule has 0 bridgehead atoms. The molecule has 0 aromatic rings. The van der Waals surface area contributed by atoms with Crippen LogP contribution in [0.5, 0.6) is 0 Å². The number of nitrogens with zero attached hydrogens (tertiary/aromatic N) is 1. The van der Waals surface area contributed by atoms with Crippen LogP contribution in [0, 0.1) is 0 Å². The topological polar surface area (TPSA) is 55.6 Å². The van der Waals surface area contributed by atoms with Gasteiger partial charge in [0.05, 0.1) is 6.61 Å². The van der Waals surface area contributed by atoms with Gasteiger partial charge in [0, 0.05) is 0 Å². The van der Waals surface area contributed by atoms with Gasteiger partial charge in [0.2, 0.25) is 0 Å². The normalized spacial score (nSPS) is 20.4. The van der Waals surface area contributed by atoms with E-state index in [9.17, 15) is 4.79 Å². The van der Waals surface area contributed by atoms with Gasteiger partial charge in [-0.1, -0.05) is 6.42 Å². The highest BCUT2D eigenvalue weighted by atomic mass is 16.5. The summed E-state index contributed by atoms with van der Waals surface area (Å²) < 4.78 is 4.98. The number of hydrogen-bond donors (Lipinski definition) is 1. The molecule has 0 aromatic heterocycles. The molecule has 0 radical (unpaired) electrons. The largest absolute Gasteiger partial charge is 0.465 e. The van der Waals surface area contributed by atoms with Crippen LogP contribution in [0.25, 0.3) is 0 Å². The highest BCUT2D eigenvalue weighted by Crippen LogP contribution is 2.14. The highest BCUT2D eigenvalue weighted by Gasteiger charge is 2.29. The highest BCUT2D eigenvalue weighted by molar-refractivity contribution is 5.79. The van der Waals surface area contributed by atoms with E-state index in [1.807, 2.05) is 6.92 Å². The predicted octanol–water partition coefficient (Wildman–Crippen LogP) is 1.92. The minimum atomic E-state index is -0.822. The Balaban J connectivity index is 2.13. The molecule has 4 heteroatoms. The molecule has 1 aliphatic heterocycles. The zero-order chi connectivity index (χ0) is 13.4. The lowest BCUT2D eigenvalue weighted by atomic mass is 9.96. The van der Waals surface area contributed by atoms with Crippen molar-refractivity contribution in [2.24, 2.45) is 5.73 Å². The average molecular weight is 256 g/mol. The van der Waals surface area contributed by atoms with Crippen molar-refractivity contribution >= 4 is 5.97 Å². The van der Waals surface area contributed by atoms with Gasteiger partial charge in [0.15, 0.2) is 0 Å². The number of carbonyl (C=O) groups is 1. The molecule has 1 rings (SSSR count). The lowest BCUT2D eigenvalue weighted by Crippen LogP contribution is -2.46. The molecule has 106 valence electrons. The van der Waals surface area contributed by atoms with E-state index >= 15 is 0 Å². The van der Waals surface area contributed by atoms with Gasteiger partial charge in [0.25, 0.3) is 0 Å². The molecule has 1 saturated heterocycles. The Hall–Kier alpha value is -0.610. The maximum absolute atomic E-state index is 11.6. The lowest BCUT2D eigenvalue weighted by Gasteiger charge is -2.27. The summed E-state index contributed by atoms with van der Waals surface area (Å²) in [6.07, 6.45) is 6.85. The molecule has 0 saturated carbocycles. The molecule has 1 unspecified atom stereocenters. The Morgan fingerprint density at radius 3 is 2.56 bits per heavy atom. The molecule has 4 nitrogen and oxygen atoms in total. The summed E-state index contributed by atoms with van der Waals surface area (Å²) in [6.45, 7) is 7.59. The molecule has 0 spiro atoms. The van der Waals surface area contributed by atoms with Crippen LogP contribution >= 0.6 is 0 Å². The fourth-order valence-electron chi connectivity index (χ4n) is 2.41. The summed E-state index contributed by atoms with van der Waals surface area (Å²) in [5.74, 6) is -0.275. The predicted molar refractivity (Wildman–Crippen MR) is 73.4 cm³/mol. The first-order chi connectivity index (χ1) is 8.56. The number of esters is 1. The second kappa shape index (κ2) is 7.74. The van der Waals surface area contributed by atoms with Crippen LogP contribution in [0.1, 0.15) is 52.4 Å². The average Bonchev–Trinajstić information content (AvgIpc) is 2.36. The number of carbonyl (C=O) groups excluding carboxylic acids is 1. The number of unbranched alkanes of at least 4 members (excludes halogenated alkanes) is 1. The Bertz CT molecular complexity index is 248. The first kappa shape index (κ1) is 15.4. The smallest absolute Gasteiger partial charge is 0.325 e. The minimum Gasteiger partial charge on any atom is -0.465 e. The van der Waals surface area contributed by atoms with E-state index in [0.29, 0.717) is 13.0 Å². The van der Waals surface area contributed by atoms with Crippen LogP contribution < -0.4 is 5.73 Å². The molecule has 0 aliphatic carbocycles. The Kier molecular flexibility index (Phi) is 6.65. The van der Waals surface area contributed by atoms with Gasteiger partial charge in [-0.2, -0.15) is 0 Å². The molecule has 0 amide bonds. The number of nitrogens with two attached hydrogens (primary N) is 1. The van der Waals surface area contributed by atoms with Crippen LogP contribution in [0.2, 0.25) is 0 Å². The molecule has 0 aromatic carbocycles. The SMILES string of the molecule is CCOC(=O)C(C)(N)CCCCN1CCCCC1. The van der Waals surface area contributed by atoms with Crippen molar-refractivity contribution in [2.45, 2.75) is 57.9 Å². The van der Waals surface area contributed by atoms with Crippen molar-refractivity contribution in [1.29, 1.82) is 0 Å². The van der Waals surface area contributed by atoms with Crippen molar-refractivity contribution in [3.8, 4) is 0 Å². The fourth-order valence-corrected chi connectivity index (χ4v) is 2.41. The second-order valence-electron chi connectivity index (χ2n) is 5.50. The van der Waals surface area contributed by atoms with E-state index in [0.717, 1.165) is 19.4 Å². The maximum atomic E-state index is 11.6. The van der Waals surface area contributed by atoms with E-state index in [1.54, 1.807) is 6.92 Å². The van der Waals surface area contributed by atoms with Gasteiger partial charge < -0.3 is 15.4 Å². The van der Waals surface area contributed by atoms with Crippen molar-refractivity contribution in [1.82, 2.24) is 4.90 Å². The monoisotopic (exact) mass is 256 g/mol. The summed E-state index contributed by atoms with van der Waals surface area (Å²) in [5, 5.41) is 0. The summed E-state index contributed by atoms with van der Waals surface area (Å²) >= 11 is 0. The maximum Gasteiger partial charge on any atom is 0.325 e. The number of hydrogen-bond acceptors (Lipinski definition) is 4. The van der Waals surface area contributed by atoms with Gasteiger partial charge in [-0.3, -0.25) is 4.79 Å². The van der Waals surface area contributed by atoms with Crippen LogP contribution in [0.15, 0.2) is 0 Å². The molecule has 1 heterocycles. The third-order valence-corrected chi connectivity index (χ3v) is 3.61. The molecule has 2 N–H and O–H groups in total. The third kappa shape index (κ3) is 5.36. The fraction of sp³-hybridized carbons (Fsp3) is 0.929. The van der Waals surface area contributed by atoms with Crippen molar-refractivity contribution < 1.29 is 9.53 Å². The van der Waals surface area contributed by atoms with E-state index in [2.05, 4.69) is 4.90 Å². The summed E-state index contributed by atoms with van der Waals surface area (Å²) in [7, 11) is 0. The van der Waals surface area contributed by atoms with Crippen LogP contribution in [-0.4, -0.2) is 42.6 Å². The van der Waals surface area contributed by atoms with Crippen LogP contribution in [0.3, 0.4) is 0 Å². The van der Waals surface area contributed by atoms with Gasteiger partial charge in [-0.25, -0.2) is 0 Å². The molecule has 1 fully saturated rings. The molecule has 18 heavy (non-hydrogen) atoms. The molecular formula is C14H28N2O2. The zero-order valence-corrected chi connectivity index (χ0v) is 11.9. The van der Waals surface area contributed by atoms with E-state index in [-0.39, 0.29) is 5.97 Å².